The molecule has 2 aromatic rings. The first-order valence-corrected chi connectivity index (χ1v) is 9.98. The van der Waals surface area contributed by atoms with Crippen LogP contribution in [0.3, 0.4) is 0 Å². The van der Waals surface area contributed by atoms with E-state index in [4.69, 9.17) is 0 Å². The quantitative estimate of drug-likeness (QED) is 0.841. The molecule has 1 atom stereocenters. The molecular formula is C20H26N2O3S. The van der Waals surface area contributed by atoms with Crippen molar-refractivity contribution in [1.29, 1.82) is 0 Å². The summed E-state index contributed by atoms with van der Waals surface area (Å²) < 4.78 is 28.0. The molecular weight excluding hydrogens is 348 g/mol. The van der Waals surface area contributed by atoms with Crippen molar-refractivity contribution in [2.24, 2.45) is 0 Å². The van der Waals surface area contributed by atoms with Crippen molar-refractivity contribution in [3.05, 3.63) is 58.1 Å². The number of aryl methyl sites for hydroxylation is 5. The summed E-state index contributed by atoms with van der Waals surface area (Å²) in [7, 11) is -3.80. The average Bonchev–Trinajstić information content (AvgIpc) is 2.47. The molecule has 0 heterocycles. The monoisotopic (exact) mass is 374 g/mol. The Kier molecular flexibility index (Phi) is 5.88. The van der Waals surface area contributed by atoms with Crippen LogP contribution in [0.5, 0.6) is 0 Å². The molecule has 0 saturated carbocycles. The molecule has 0 aliphatic carbocycles. The summed E-state index contributed by atoms with van der Waals surface area (Å²) >= 11 is 0. The first kappa shape index (κ1) is 20.1. The van der Waals surface area contributed by atoms with Gasteiger partial charge < -0.3 is 5.32 Å². The Bertz CT molecular complexity index is 927. The summed E-state index contributed by atoms with van der Waals surface area (Å²) in [5.74, 6) is -0.400. The highest BCUT2D eigenvalue weighted by Gasteiger charge is 2.25. The molecule has 2 N–H and O–H groups in total. The van der Waals surface area contributed by atoms with Crippen LogP contribution in [0.1, 0.15) is 34.7 Å². The van der Waals surface area contributed by atoms with E-state index in [2.05, 4.69) is 10.0 Å². The van der Waals surface area contributed by atoms with Crippen molar-refractivity contribution in [1.82, 2.24) is 4.72 Å². The van der Waals surface area contributed by atoms with E-state index < -0.39 is 22.0 Å². The number of carbonyl (C=O) groups excluding carboxylic acids is 1. The summed E-state index contributed by atoms with van der Waals surface area (Å²) in [6.45, 7) is 10.8. The molecule has 0 saturated heterocycles. The molecule has 0 aliphatic rings. The molecule has 1 unspecified atom stereocenters. The molecule has 0 aromatic heterocycles. The number of sulfonamides is 1. The van der Waals surface area contributed by atoms with Gasteiger partial charge in [0.05, 0.1) is 10.9 Å². The molecule has 2 rings (SSSR count). The van der Waals surface area contributed by atoms with Crippen LogP contribution >= 0.6 is 0 Å². The first-order valence-electron chi connectivity index (χ1n) is 8.49. The van der Waals surface area contributed by atoms with Crippen molar-refractivity contribution in [3.8, 4) is 0 Å². The minimum Gasteiger partial charge on any atom is -0.324 e. The van der Waals surface area contributed by atoms with Gasteiger partial charge in [0.15, 0.2) is 0 Å². The fourth-order valence-corrected chi connectivity index (χ4v) is 4.79. The Balaban J connectivity index is 2.20. The third kappa shape index (κ3) is 4.51. The van der Waals surface area contributed by atoms with Crippen LogP contribution in [0.2, 0.25) is 0 Å². The Morgan fingerprint density at radius 2 is 1.42 bits per heavy atom. The molecule has 0 bridgehead atoms. The van der Waals surface area contributed by atoms with Crippen LogP contribution < -0.4 is 10.0 Å². The Hall–Kier alpha value is -2.18. The smallest absolute Gasteiger partial charge is 0.242 e. The maximum Gasteiger partial charge on any atom is 0.242 e. The van der Waals surface area contributed by atoms with E-state index in [1.165, 1.54) is 6.92 Å². The van der Waals surface area contributed by atoms with Gasteiger partial charge in [-0.15, -0.1) is 0 Å². The normalized spacial score (nSPS) is 12.7. The summed E-state index contributed by atoms with van der Waals surface area (Å²) in [5, 5.41) is 2.78. The van der Waals surface area contributed by atoms with E-state index >= 15 is 0 Å². The van der Waals surface area contributed by atoms with E-state index in [0.717, 1.165) is 16.7 Å². The Morgan fingerprint density at radius 1 is 0.885 bits per heavy atom. The summed E-state index contributed by atoms with van der Waals surface area (Å²) in [4.78, 5) is 12.7. The van der Waals surface area contributed by atoms with E-state index in [9.17, 15) is 13.2 Å². The second-order valence-electron chi connectivity index (χ2n) is 6.88. The number of nitrogens with one attached hydrogen (secondary N) is 2. The number of hydrogen-bond acceptors (Lipinski definition) is 3. The molecule has 26 heavy (non-hydrogen) atoms. The zero-order chi connectivity index (χ0) is 19.6. The van der Waals surface area contributed by atoms with Gasteiger partial charge in [0, 0.05) is 5.69 Å². The van der Waals surface area contributed by atoms with Crippen LogP contribution in [0.25, 0.3) is 0 Å². The van der Waals surface area contributed by atoms with Crippen LogP contribution in [0.15, 0.2) is 35.2 Å². The Morgan fingerprint density at radius 3 is 1.96 bits per heavy atom. The van der Waals surface area contributed by atoms with Gasteiger partial charge in [-0.05, 0) is 64.3 Å². The van der Waals surface area contributed by atoms with Crippen LogP contribution in [0.4, 0.5) is 5.69 Å². The first-order chi connectivity index (χ1) is 12.0. The minimum absolute atomic E-state index is 0.231. The maximum atomic E-state index is 12.8. The number of anilines is 1. The second-order valence-corrected chi connectivity index (χ2v) is 8.53. The van der Waals surface area contributed by atoms with E-state index in [0.29, 0.717) is 16.8 Å². The summed E-state index contributed by atoms with van der Waals surface area (Å²) in [5.41, 5.74) is 5.03. The lowest BCUT2D eigenvalue weighted by atomic mass is 10.1. The third-order valence-corrected chi connectivity index (χ3v) is 6.08. The lowest BCUT2D eigenvalue weighted by Crippen LogP contribution is -2.42. The molecule has 0 radical (unpaired) electrons. The average molecular weight is 375 g/mol. The molecule has 0 spiro atoms. The zero-order valence-electron chi connectivity index (χ0n) is 16.1. The van der Waals surface area contributed by atoms with Crippen molar-refractivity contribution in [2.75, 3.05) is 5.32 Å². The van der Waals surface area contributed by atoms with Crippen LogP contribution in [0, 0.1) is 34.6 Å². The van der Waals surface area contributed by atoms with Gasteiger partial charge in [-0.3, -0.25) is 4.79 Å². The van der Waals surface area contributed by atoms with Crippen LogP contribution in [-0.2, 0) is 14.8 Å². The number of hydrogen-bond donors (Lipinski definition) is 2. The van der Waals surface area contributed by atoms with Gasteiger partial charge in [0.25, 0.3) is 0 Å². The van der Waals surface area contributed by atoms with Crippen molar-refractivity contribution in [3.63, 3.8) is 0 Å². The van der Waals surface area contributed by atoms with E-state index in [-0.39, 0.29) is 4.90 Å². The van der Waals surface area contributed by atoms with Gasteiger partial charge >= 0.3 is 0 Å². The minimum atomic E-state index is -3.80. The molecule has 5 nitrogen and oxygen atoms in total. The lowest BCUT2D eigenvalue weighted by Gasteiger charge is -2.18. The standard InChI is InChI=1S/C20H26N2O3S/c1-12-7-8-18(14(3)9-12)21-20(23)17(6)22-26(24,25)19-15(4)10-13(2)11-16(19)5/h7-11,17,22H,1-6H3,(H,21,23). The van der Waals surface area contributed by atoms with Crippen molar-refractivity contribution >= 4 is 21.6 Å². The zero-order valence-corrected chi connectivity index (χ0v) is 16.9. The van der Waals surface area contributed by atoms with Crippen molar-refractivity contribution in [2.45, 2.75) is 52.5 Å². The van der Waals surface area contributed by atoms with Gasteiger partial charge in [-0.25, -0.2) is 8.42 Å². The molecule has 0 aliphatic heterocycles. The van der Waals surface area contributed by atoms with Gasteiger partial charge in [0.2, 0.25) is 15.9 Å². The van der Waals surface area contributed by atoms with Gasteiger partial charge in [-0.2, -0.15) is 4.72 Å². The molecule has 1 amide bonds. The second kappa shape index (κ2) is 7.60. The van der Waals surface area contributed by atoms with E-state index in [1.54, 1.807) is 13.8 Å². The topological polar surface area (TPSA) is 75.3 Å². The van der Waals surface area contributed by atoms with Gasteiger partial charge in [-0.1, -0.05) is 35.4 Å². The molecule has 0 fully saturated rings. The lowest BCUT2D eigenvalue weighted by molar-refractivity contribution is -0.117. The Labute approximate surface area is 155 Å². The highest BCUT2D eigenvalue weighted by atomic mass is 32.2. The fraction of sp³-hybridized carbons (Fsp3) is 0.350. The number of amides is 1. The van der Waals surface area contributed by atoms with Crippen molar-refractivity contribution < 1.29 is 13.2 Å². The number of rotatable bonds is 5. The molecule has 140 valence electrons. The molecule has 6 heteroatoms. The van der Waals surface area contributed by atoms with Gasteiger partial charge in [0.1, 0.15) is 0 Å². The molecule has 2 aromatic carbocycles. The van der Waals surface area contributed by atoms with E-state index in [1.807, 2.05) is 51.1 Å². The maximum absolute atomic E-state index is 12.8. The van der Waals surface area contributed by atoms with Crippen LogP contribution in [-0.4, -0.2) is 20.4 Å². The number of benzene rings is 2. The predicted molar refractivity (Wildman–Crippen MR) is 105 cm³/mol. The summed E-state index contributed by atoms with van der Waals surface area (Å²) in [6, 6.07) is 8.42. The largest absolute Gasteiger partial charge is 0.324 e. The highest BCUT2D eigenvalue weighted by Crippen LogP contribution is 2.22. The third-order valence-electron chi connectivity index (χ3n) is 4.24. The SMILES string of the molecule is Cc1ccc(NC(=O)C(C)NS(=O)(=O)c2c(C)cc(C)cc2C)c(C)c1. The highest BCUT2D eigenvalue weighted by molar-refractivity contribution is 7.89. The number of carbonyl (C=O) groups is 1. The predicted octanol–water partition coefficient (Wildman–Crippen LogP) is 3.53. The summed E-state index contributed by atoms with van der Waals surface area (Å²) in [6.07, 6.45) is 0. The fourth-order valence-electron chi connectivity index (χ4n) is 3.13.